The molecule has 2 heterocycles. The van der Waals surface area contributed by atoms with E-state index >= 15 is 4.39 Å². The van der Waals surface area contributed by atoms with Crippen molar-refractivity contribution in [3.8, 4) is 22.8 Å². The monoisotopic (exact) mass is 570 g/mol. The molecule has 1 aliphatic heterocycles. The molecule has 1 aromatic heterocycles. The van der Waals surface area contributed by atoms with E-state index in [1.54, 1.807) is 13.2 Å². The smallest absolute Gasteiger partial charge is 0.306 e. The molecule has 3 saturated carbocycles. The number of hydrogen-bond acceptors (Lipinski definition) is 5. The van der Waals surface area contributed by atoms with Gasteiger partial charge in [0.1, 0.15) is 17.7 Å². The topological polar surface area (TPSA) is 71.9 Å². The van der Waals surface area contributed by atoms with E-state index in [1.165, 1.54) is 37.4 Å². The Morgan fingerprint density at radius 3 is 2.48 bits per heavy atom. The van der Waals surface area contributed by atoms with Crippen molar-refractivity contribution >= 4 is 5.97 Å². The number of nitrogens with zero attached hydrogens (tertiary/aromatic N) is 2. The number of carboxylic acid groups (broad SMARTS) is 1. The van der Waals surface area contributed by atoms with E-state index in [9.17, 15) is 9.90 Å². The molecule has 1 N–H and O–H groups in total. The maximum absolute atomic E-state index is 15.1. The molecule has 0 radical (unpaired) electrons. The molecule has 0 amide bonds. The Hall–Kier alpha value is -3.45. The number of aromatic nitrogens is 1. The third-order valence-electron chi connectivity index (χ3n) is 9.69. The molecule has 7 rings (SSSR count). The molecule has 42 heavy (non-hydrogen) atoms. The number of carbonyl (C=O) groups is 1. The summed E-state index contributed by atoms with van der Waals surface area (Å²) in [6, 6.07) is 15.6. The molecule has 1 unspecified atom stereocenters. The molecule has 3 fully saturated rings. The molecular weight excluding hydrogens is 531 g/mol. The first-order valence-corrected chi connectivity index (χ1v) is 15.5. The van der Waals surface area contributed by atoms with Crippen LogP contribution in [0.25, 0.3) is 11.1 Å². The standard InChI is InChI=1S/C35H39FN2O4/c1-20(35(39)40)34(22-4-5-22)24-6-3-21-8-14-31(42-32(21)16-24)23-7-13-28(29-17-33(41-2)37-18-30(29)36)25(15-23)19-38(26-9-10-26)27-11-12-27/h3,6-7,13,15-18,20,22,26-27,31,34H,4-5,8-12,14,19H2,1-2H3,(H,39,40)/t20-,31?,34-/m0/s1. The largest absolute Gasteiger partial charge is 0.485 e. The van der Waals surface area contributed by atoms with Gasteiger partial charge in [0.05, 0.1) is 19.2 Å². The fourth-order valence-electron chi connectivity index (χ4n) is 6.92. The Morgan fingerprint density at radius 2 is 1.81 bits per heavy atom. The minimum Gasteiger partial charge on any atom is -0.485 e. The number of hydrogen-bond donors (Lipinski definition) is 1. The summed E-state index contributed by atoms with van der Waals surface area (Å²) in [6.45, 7) is 2.61. The zero-order valence-corrected chi connectivity index (χ0v) is 24.4. The van der Waals surface area contributed by atoms with Crippen molar-refractivity contribution in [3.05, 3.63) is 76.7 Å². The van der Waals surface area contributed by atoms with E-state index < -0.39 is 11.9 Å². The summed E-state index contributed by atoms with van der Waals surface area (Å²) >= 11 is 0. The van der Waals surface area contributed by atoms with Gasteiger partial charge < -0.3 is 14.6 Å². The normalized spacial score (nSPS) is 21.4. The Labute approximate surface area is 246 Å². The van der Waals surface area contributed by atoms with Crippen LogP contribution in [-0.4, -0.2) is 40.2 Å². The van der Waals surface area contributed by atoms with Gasteiger partial charge in [-0.2, -0.15) is 0 Å². The Balaban J connectivity index is 1.21. The van der Waals surface area contributed by atoms with E-state index in [-0.39, 0.29) is 17.8 Å². The highest BCUT2D eigenvalue weighted by Crippen LogP contribution is 2.48. The third kappa shape index (κ3) is 5.51. The number of halogens is 1. The molecular formula is C35H39FN2O4. The van der Waals surface area contributed by atoms with Crippen molar-refractivity contribution in [3.63, 3.8) is 0 Å². The zero-order chi connectivity index (χ0) is 29.0. The van der Waals surface area contributed by atoms with Gasteiger partial charge in [0, 0.05) is 30.3 Å². The summed E-state index contributed by atoms with van der Waals surface area (Å²) in [7, 11) is 1.55. The maximum Gasteiger partial charge on any atom is 0.306 e. The number of benzene rings is 2. The second kappa shape index (κ2) is 11.0. The molecule has 2 aromatic carbocycles. The number of carboxylic acids is 1. The van der Waals surface area contributed by atoms with Crippen molar-refractivity contribution in [1.29, 1.82) is 0 Å². The van der Waals surface area contributed by atoms with Crippen molar-refractivity contribution in [2.24, 2.45) is 11.8 Å². The van der Waals surface area contributed by atoms with Crippen LogP contribution in [0.4, 0.5) is 4.39 Å². The third-order valence-corrected chi connectivity index (χ3v) is 9.69. The van der Waals surface area contributed by atoms with Crippen LogP contribution in [0, 0.1) is 17.7 Å². The predicted octanol–water partition coefficient (Wildman–Crippen LogP) is 7.30. The molecule has 3 atom stereocenters. The number of rotatable bonds is 11. The first-order valence-electron chi connectivity index (χ1n) is 15.5. The van der Waals surface area contributed by atoms with Gasteiger partial charge >= 0.3 is 5.97 Å². The van der Waals surface area contributed by atoms with Crippen LogP contribution in [0.15, 0.2) is 48.7 Å². The van der Waals surface area contributed by atoms with E-state index in [4.69, 9.17) is 9.47 Å². The highest BCUT2D eigenvalue weighted by Gasteiger charge is 2.40. The average molecular weight is 571 g/mol. The SMILES string of the molecule is COc1cc(-c2ccc(C3CCc4ccc([C@H](C5CC5)[C@H](C)C(=O)O)cc4O3)cc2CN(C2CC2)C2CC2)c(F)cn1. The van der Waals surface area contributed by atoms with E-state index in [0.717, 1.165) is 60.2 Å². The number of aryl methyl sites for hydroxylation is 1. The van der Waals surface area contributed by atoms with Gasteiger partial charge in [-0.3, -0.25) is 9.69 Å². The average Bonchev–Trinajstić information content (AvgIpc) is 3.84. The first kappa shape index (κ1) is 27.4. The van der Waals surface area contributed by atoms with Crippen LogP contribution in [-0.2, 0) is 17.8 Å². The van der Waals surface area contributed by atoms with Gasteiger partial charge in [-0.1, -0.05) is 37.3 Å². The highest BCUT2D eigenvalue weighted by molar-refractivity contribution is 5.71. The van der Waals surface area contributed by atoms with Crippen LogP contribution in [0.3, 0.4) is 0 Å². The minimum atomic E-state index is -0.745. The Bertz CT molecular complexity index is 1480. The first-order chi connectivity index (χ1) is 20.4. The second-order valence-electron chi connectivity index (χ2n) is 12.8. The zero-order valence-electron chi connectivity index (χ0n) is 24.4. The fourth-order valence-corrected chi connectivity index (χ4v) is 6.92. The predicted molar refractivity (Wildman–Crippen MR) is 158 cm³/mol. The highest BCUT2D eigenvalue weighted by atomic mass is 19.1. The summed E-state index contributed by atoms with van der Waals surface area (Å²) < 4.78 is 27.2. The lowest BCUT2D eigenvalue weighted by molar-refractivity contribution is -0.142. The van der Waals surface area contributed by atoms with Gasteiger partial charge in [-0.25, -0.2) is 9.37 Å². The molecule has 3 aromatic rings. The summed E-state index contributed by atoms with van der Waals surface area (Å²) in [5, 5.41) is 9.77. The molecule has 0 spiro atoms. The van der Waals surface area contributed by atoms with E-state index in [0.29, 0.717) is 29.4 Å². The maximum atomic E-state index is 15.1. The Kier molecular flexibility index (Phi) is 7.17. The van der Waals surface area contributed by atoms with E-state index in [2.05, 4.69) is 40.2 Å². The number of pyridine rings is 1. The summed E-state index contributed by atoms with van der Waals surface area (Å²) in [5.74, 6) is 0.157. The lowest BCUT2D eigenvalue weighted by Gasteiger charge is -2.30. The van der Waals surface area contributed by atoms with Crippen LogP contribution in [0.2, 0.25) is 0 Å². The van der Waals surface area contributed by atoms with Crippen LogP contribution >= 0.6 is 0 Å². The molecule has 3 aliphatic carbocycles. The number of fused-ring (bicyclic) bond motifs is 1. The van der Waals surface area contributed by atoms with Crippen molar-refractivity contribution < 1.29 is 23.8 Å². The molecule has 0 bridgehead atoms. The van der Waals surface area contributed by atoms with Gasteiger partial charge in [-0.05, 0) is 97.1 Å². The molecule has 7 heteroatoms. The van der Waals surface area contributed by atoms with Crippen molar-refractivity contribution in [2.75, 3.05) is 7.11 Å². The van der Waals surface area contributed by atoms with E-state index in [1.807, 2.05) is 13.0 Å². The van der Waals surface area contributed by atoms with Crippen LogP contribution in [0.5, 0.6) is 11.6 Å². The van der Waals surface area contributed by atoms with Gasteiger partial charge in [0.15, 0.2) is 0 Å². The van der Waals surface area contributed by atoms with Crippen LogP contribution < -0.4 is 9.47 Å². The quantitative estimate of drug-likeness (QED) is 0.261. The number of ether oxygens (including phenoxy) is 2. The van der Waals surface area contributed by atoms with Gasteiger partial charge in [-0.15, -0.1) is 0 Å². The Morgan fingerprint density at radius 1 is 1.05 bits per heavy atom. The minimum absolute atomic E-state index is 0.00532. The molecule has 220 valence electrons. The second-order valence-corrected chi connectivity index (χ2v) is 12.8. The van der Waals surface area contributed by atoms with Crippen molar-refractivity contribution in [1.82, 2.24) is 9.88 Å². The fraction of sp³-hybridized carbons (Fsp3) is 0.486. The molecule has 0 saturated heterocycles. The molecule has 6 nitrogen and oxygen atoms in total. The summed E-state index contributed by atoms with van der Waals surface area (Å²) in [5.41, 5.74) is 5.81. The molecule has 4 aliphatic rings. The van der Waals surface area contributed by atoms with Gasteiger partial charge in [0.25, 0.3) is 0 Å². The van der Waals surface area contributed by atoms with Gasteiger partial charge in [0.2, 0.25) is 5.88 Å². The summed E-state index contributed by atoms with van der Waals surface area (Å²) in [4.78, 5) is 18.6. The van der Waals surface area contributed by atoms with Crippen molar-refractivity contribution in [2.45, 2.75) is 88.9 Å². The number of methoxy groups -OCH3 is 1. The number of aliphatic carboxylic acids is 1. The lowest BCUT2D eigenvalue weighted by Crippen LogP contribution is -2.28. The summed E-state index contributed by atoms with van der Waals surface area (Å²) in [6.07, 6.45) is 9.97. The lowest BCUT2D eigenvalue weighted by atomic mass is 9.82. The van der Waals surface area contributed by atoms with Crippen LogP contribution in [0.1, 0.15) is 86.1 Å².